The fourth-order valence-corrected chi connectivity index (χ4v) is 5.15. The SMILES string of the molecule is N#Cc1cc2c(cn1)[nH]c1ncc(-c3ccc(CN4CC5CCC4C5)cc3)cc12. The molecule has 5 heteroatoms. The minimum atomic E-state index is 0.420. The van der Waals surface area contributed by atoms with E-state index in [2.05, 4.69) is 56.3 Å². The van der Waals surface area contributed by atoms with Crippen LogP contribution in [0.2, 0.25) is 0 Å². The van der Waals surface area contributed by atoms with Gasteiger partial charge in [-0.15, -0.1) is 0 Å². The van der Waals surface area contributed by atoms with Crippen LogP contribution in [0.5, 0.6) is 0 Å². The number of aromatic nitrogens is 3. The second-order valence-corrected chi connectivity index (χ2v) is 8.43. The van der Waals surface area contributed by atoms with Gasteiger partial charge in [0.25, 0.3) is 0 Å². The first-order chi connectivity index (χ1) is 14.3. The standard InChI is InChI=1S/C24H21N5/c25-10-19-9-21-22-8-18(11-27-24(22)28-23(21)12-26-19)17-4-1-15(2-5-17)13-29-14-16-3-6-20(29)7-16/h1-2,4-5,8-9,11-12,16,20H,3,6-7,13-14H2,(H,27,28). The molecule has 0 amide bonds. The first-order valence-corrected chi connectivity index (χ1v) is 10.3. The highest BCUT2D eigenvalue weighted by molar-refractivity contribution is 6.06. The summed E-state index contributed by atoms with van der Waals surface area (Å²) in [6.07, 6.45) is 7.81. The molecule has 142 valence electrons. The molecule has 1 N–H and O–H groups in total. The fraction of sp³-hybridized carbons (Fsp3) is 0.292. The second kappa shape index (κ2) is 6.40. The van der Waals surface area contributed by atoms with Crippen molar-refractivity contribution in [3.8, 4) is 17.2 Å². The lowest BCUT2D eigenvalue weighted by atomic mass is 10.0. The summed E-state index contributed by atoms with van der Waals surface area (Å²) in [6, 6.07) is 15.8. The van der Waals surface area contributed by atoms with Gasteiger partial charge in [0.05, 0.1) is 11.7 Å². The van der Waals surface area contributed by atoms with Gasteiger partial charge in [-0.2, -0.15) is 5.26 Å². The number of rotatable bonds is 3. The van der Waals surface area contributed by atoms with Gasteiger partial charge in [0.1, 0.15) is 17.4 Å². The van der Waals surface area contributed by atoms with Gasteiger partial charge in [-0.1, -0.05) is 24.3 Å². The molecule has 4 aromatic rings. The quantitative estimate of drug-likeness (QED) is 0.563. The summed E-state index contributed by atoms with van der Waals surface area (Å²) < 4.78 is 0. The van der Waals surface area contributed by atoms with Crippen molar-refractivity contribution in [2.45, 2.75) is 31.8 Å². The van der Waals surface area contributed by atoms with Gasteiger partial charge in [0, 0.05) is 41.7 Å². The Kier molecular flexibility index (Phi) is 3.68. The summed E-state index contributed by atoms with van der Waals surface area (Å²) in [6.45, 7) is 2.33. The number of aromatic amines is 1. The fourth-order valence-electron chi connectivity index (χ4n) is 5.15. The molecule has 2 fully saturated rings. The summed E-state index contributed by atoms with van der Waals surface area (Å²) in [5.41, 5.74) is 5.77. The van der Waals surface area contributed by atoms with Gasteiger partial charge in [0.15, 0.2) is 0 Å². The minimum Gasteiger partial charge on any atom is -0.338 e. The third kappa shape index (κ3) is 2.80. The smallest absolute Gasteiger partial charge is 0.141 e. The van der Waals surface area contributed by atoms with E-state index in [1.807, 2.05) is 12.3 Å². The maximum absolute atomic E-state index is 9.16. The molecule has 3 aromatic heterocycles. The van der Waals surface area contributed by atoms with Crippen LogP contribution in [0.25, 0.3) is 33.1 Å². The Morgan fingerprint density at radius 1 is 1.03 bits per heavy atom. The molecule has 1 saturated carbocycles. The Morgan fingerprint density at radius 2 is 1.93 bits per heavy atom. The van der Waals surface area contributed by atoms with Crippen molar-refractivity contribution < 1.29 is 0 Å². The van der Waals surface area contributed by atoms with Gasteiger partial charge >= 0.3 is 0 Å². The van der Waals surface area contributed by atoms with Gasteiger partial charge in [0.2, 0.25) is 0 Å². The van der Waals surface area contributed by atoms with Gasteiger partial charge in [-0.25, -0.2) is 9.97 Å². The van der Waals surface area contributed by atoms with E-state index in [1.54, 1.807) is 6.20 Å². The van der Waals surface area contributed by atoms with Crippen molar-refractivity contribution in [3.63, 3.8) is 0 Å². The molecule has 29 heavy (non-hydrogen) atoms. The summed E-state index contributed by atoms with van der Waals surface area (Å²) in [4.78, 5) is 14.7. The number of piperidine rings is 1. The Bertz CT molecular complexity index is 1260. The molecule has 2 unspecified atom stereocenters. The number of hydrogen-bond acceptors (Lipinski definition) is 4. The number of pyridine rings is 2. The molecule has 1 aliphatic carbocycles. The lowest BCUT2D eigenvalue weighted by molar-refractivity contribution is 0.205. The Hall–Kier alpha value is -3.23. The van der Waals surface area contributed by atoms with Crippen LogP contribution in [0.1, 0.15) is 30.5 Å². The normalized spacial score (nSPS) is 21.2. The summed E-state index contributed by atoms with van der Waals surface area (Å²) in [7, 11) is 0. The number of benzene rings is 1. The summed E-state index contributed by atoms with van der Waals surface area (Å²) >= 11 is 0. The second-order valence-electron chi connectivity index (χ2n) is 8.43. The zero-order chi connectivity index (χ0) is 19.4. The molecule has 5 nitrogen and oxygen atoms in total. The molecule has 0 spiro atoms. The van der Waals surface area contributed by atoms with E-state index in [4.69, 9.17) is 5.26 Å². The van der Waals surface area contributed by atoms with E-state index in [-0.39, 0.29) is 0 Å². The molecule has 1 aliphatic heterocycles. The van der Waals surface area contributed by atoms with Crippen molar-refractivity contribution in [2.24, 2.45) is 5.92 Å². The Morgan fingerprint density at radius 3 is 2.69 bits per heavy atom. The number of H-pyrrole nitrogens is 1. The summed E-state index contributed by atoms with van der Waals surface area (Å²) in [5, 5.41) is 11.2. The molecular formula is C24H21N5. The number of hydrogen-bond donors (Lipinski definition) is 1. The average molecular weight is 379 g/mol. The third-order valence-electron chi connectivity index (χ3n) is 6.65. The van der Waals surface area contributed by atoms with Crippen molar-refractivity contribution in [1.82, 2.24) is 19.9 Å². The van der Waals surface area contributed by atoms with E-state index in [9.17, 15) is 0 Å². The monoisotopic (exact) mass is 379 g/mol. The van der Waals surface area contributed by atoms with Crippen molar-refractivity contribution in [2.75, 3.05) is 6.54 Å². The van der Waals surface area contributed by atoms with Crippen molar-refractivity contribution in [1.29, 1.82) is 5.26 Å². The lowest BCUT2D eigenvalue weighted by Crippen LogP contribution is -2.31. The summed E-state index contributed by atoms with van der Waals surface area (Å²) in [5.74, 6) is 0.935. The molecule has 4 heterocycles. The van der Waals surface area contributed by atoms with Crippen LogP contribution >= 0.6 is 0 Å². The third-order valence-corrected chi connectivity index (χ3v) is 6.65. The first kappa shape index (κ1) is 16.7. The predicted molar refractivity (Wildman–Crippen MR) is 113 cm³/mol. The largest absolute Gasteiger partial charge is 0.338 e. The van der Waals surface area contributed by atoms with E-state index in [1.165, 1.54) is 31.4 Å². The zero-order valence-electron chi connectivity index (χ0n) is 16.1. The Labute approximate surface area is 169 Å². The van der Waals surface area contributed by atoms with E-state index in [0.717, 1.165) is 51.6 Å². The topological polar surface area (TPSA) is 68.6 Å². The Balaban J connectivity index is 1.31. The van der Waals surface area contributed by atoms with Crippen LogP contribution in [-0.4, -0.2) is 32.4 Å². The van der Waals surface area contributed by atoms with Gasteiger partial charge in [-0.3, -0.25) is 4.90 Å². The highest BCUT2D eigenvalue weighted by atomic mass is 15.2. The van der Waals surface area contributed by atoms with Crippen molar-refractivity contribution >= 4 is 21.9 Å². The molecule has 6 rings (SSSR count). The molecular weight excluding hydrogens is 358 g/mol. The number of nitrogens with one attached hydrogen (secondary N) is 1. The first-order valence-electron chi connectivity index (χ1n) is 10.3. The van der Waals surface area contributed by atoms with E-state index < -0.39 is 0 Å². The number of fused-ring (bicyclic) bond motifs is 5. The van der Waals surface area contributed by atoms with E-state index in [0.29, 0.717) is 5.69 Å². The number of likely N-dealkylation sites (tertiary alicyclic amines) is 1. The molecule has 0 radical (unpaired) electrons. The maximum Gasteiger partial charge on any atom is 0.141 e. The number of nitrogens with zero attached hydrogens (tertiary/aromatic N) is 4. The highest BCUT2D eigenvalue weighted by Gasteiger charge is 2.37. The molecule has 1 aromatic carbocycles. The predicted octanol–water partition coefficient (Wildman–Crippen LogP) is 4.63. The maximum atomic E-state index is 9.16. The molecule has 1 saturated heterocycles. The van der Waals surface area contributed by atoms with Gasteiger partial charge < -0.3 is 4.98 Å². The molecule has 2 atom stereocenters. The lowest BCUT2D eigenvalue weighted by Gasteiger charge is -2.26. The van der Waals surface area contributed by atoms with Crippen LogP contribution in [0.4, 0.5) is 0 Å². The number of nitriles is 1. The van der Waals surface area contributed by atoms with E-state index >= 15 is 0 Å². The van der Waals surface area contributed by atoms with Crippen LogP contribution in [0, 0.1) is 17.2 Å². The van der Waals surface area contributed by atoms with Crippen LogP contribution < -0.4 is 0 Å². The van der Waals surface area contributed by atoms with Crippen LogP contribution in [0.3, 0.4) is 0 Å². The van der Waals surface area contributed by atoms with Crippen LogP contribution in [0.15, 0.2) is 48.8 Å². The molecule has 2 aliphatic rings. The zero-order valence-corrected chi connectivity index (χ0v) is 16.1. The minimum absolute atomic E-state index is 0.420. The molecule has 2 bridgehead atoms. The average Bonchev–Trinajstić information content (AvgIpc) is 3.47. The van der Waals surface area contributed by atoms with Crippen molar-refractivity contribution in [3.05, 3.63) is 60.0 Å². The van der Waals surface area contributed by atoms with Gasteiger partial charge in [-0.05, 0) is 48.4 Å². The van der Waals surface area contributed by atoms with Crippen LogP contribution in [-0.2, 0) is 6.54 Å². The highest BCUT2D eigenvalue weighted by Crippen LogP contribution is 2.38.